The van der Waals surface area contributed by atoms with Crippen LogP contribution in [-0.4, -0.2) is 64.3 Å². The predicted octanol–water partition coefficient (Wildman–Crippen LogP) is -0.372. The van der Waals surface area contributed by atoms with Crippen molar-refractivity contribution in [2.75, 3.05) is 25.1 Å². The Morgan fingerprint density at radius 2 is 1.92 bits per heavy atom. The summed E-state index contributed by atoms with van der Waals surface area (Å²) >= 11 is 0. The van der Waals surface area contributed by atoms with Crippen LogP contribution in [0, 0.1) is 0 Å². The molecule has 25 heavy (non-hydrogen) atoms. The Bertz CT molecular complexity index is 714. The lowest BCUT2D eigenvalue weighted by Gasteiger charge is -2.56. The summed E-state index contributed by atoms with van der Waals surface area (Å²) in [6.07, 6.45) is 4.62. The van der Waals surface area contributed by atoms with Gasteiger partial charge in [-0.25, -0.2) is 9.97 Å². The van der Waals surface area contributed by atoms with E-state index in [9.17, 15) is 0 Å². The van der Waals surface area contributed by atoms with Crippen LogP contribution in [0.2, 0.25) is 0 Å². The molecule has 2 aromatic rings. The van der Waals surface area contributed by atoms with Gasteiger partial charge in [0.1, 0.15) is 5.82 Å². The molecule has 2 unspecified atom stereocenters. The molecule has 8 heteroatoms. The van der Waals surface area contributed by atoms with Crippen molar-refractivity contribution < 1.29 is 14.8 Å². The SMILES string of the molecule is COc1ccc(CN2C3CC2CN(c2ccc(B(O)O)cn2)C3)cn1. The van der Waals surface area contributed by atoms with Gasteiger partial charge in [-0.2, -0.15) is 0 Å². The van der Waals surface area contributed by atoms with E-state index in [-0.39, 0.29) is 0 Å². The number of ether oxygens (including phenoxy) is 1. The molecule has 7 nitrogen and oxygen atoms in total. The molecule has 3 fully saturated rings. The lowest BCUT2D eigenvalue weighted by Crippen LogP contribution is -2.68. The number of nitrogens with zero attached hydrogens (tertiary/aromatic N) is 4. The number of hydrogen-bond donors (Lipinski definition) is 2. The minimum absolute atomic E-state index is 0.416. The van der Waals surface area contributed by atoms with Crippen molar-refractivity contribution in [1.82, 2.24) is 14.9 Å². The number of piperazine rings is 1. The maximum Gasteiger partial charge on any atom is 0.490 e. The molecule has 0 aliphatic carbocycles. The first-order chi connectivity index (χ1) is 12.1. The Hall–Kier alpha value is -2.16. The van der Waals surface area contributed by atoms with Gasteiger partial charge >= 0.3 is 7.12 Å². The highest BCUT2D eigenvalue weighted by Crippen LogP contribution is 2.35. The molecule has 2 bridgehead atoms. The third kappa shape index (κ3) is 3.20. The highest BCUT2D eigenvalue weighted by atomic mass is 16.5. The summed E-state index contributed by atoms with van der Waals surface area (Å²) in [5.74, 6) is 1.53. The molecule has 2 aromatic heterocycles. The van der Waals surface area contributed by atoms with Crippen molar-refractivity contribution in [3.8, 4) is 5.88 Å². The number of rotatable bonds is 5. The minimum Gasteiger partial charge on any atom is -0.481 e. The standard InChI is InChI=1S/C17H21BN4O3/c1-25-17-5-2-12(7-20-17)9-22-14-6-15(22)11-21(10-14)16-4-3-13(8-19-16)18(23)24/h2-5,7-8,14-15,23-24H,6,9-11H2,1H3. The second kappa shape index (κ2) is 6.63. The monoisotopic (exact) mass is 340 g/mol. The van der Waals surface area contributed by atoms with E-state index >= 15 is 0 Å². The molecule has 2 atom stereocenters. The van der Waals surface area contributed by atoms with Crippen LogP contribution in [0.4, 0.5) is 5.82 Å². The second-order valence-electron chi connectivity index (χ2n) is 6.65. The predicted molar refractivity (Wildman–Crippen MR) is 94.8 cm³/mol. The average Bonchev–Trinajstić information content (AvgIpc) is 2.66. The van der Waals surface area contributed by atoms with Crippen molar-refractivity contribution in [2.24, 2.45) is 0 Å². The first-order valence-electron chi connectivity index (χ1n) is 8.46. The Kier molecular flexibility index (Phi) is 4.33. The number of anilines is 1. The summed E-state index contributed by atoms with van der Waals surface area (Å²) < 4.78 is 5.11. The van der Waals surface area contributed by atoms with Crippen LogP contribution in [0.3, 0.4) is 0 Å². The first-order valence-corrected chi connectivity index (χ1v) is 8.46. The van der Waals surface area contributed by atoms with Gasteiger partial charge < -0.3 is 19.7 Å². The maximum atomic E-state index is 9.16. The first kappa shape index (κ1) is 16.3. The zero-order valence-electron chi connectivity index (χ0n) is 14.1. The molecule has 5 rings (SSSR count). The van der Waals surface area contributed by atoms with E-state index in [1.165, 1.54) is 18.2 Å². The van der Waals surface area contributed by atoms with Crippen LogP contribution >= 0.6 is 0 Å². The summed E-state index contributed by atoms with van der Waals surface area (Å²) in [4.78, 5) is 13.4. The smallest absolute Gasteiger partial charge is 0.481 e. The summed E-state index contributed by atoms with van der Waals surface area (Å²) in [7, 11) is 0.156. The number of fused-ring (bicyclic) bond motifs is 2. The van der Waals surface area contributed by atoms with Gasteiger partial charge in [-0.15, -0.1) is 0 Å². The van der Waals surface area contributed by atoms with E-state index in [4.69, 9.17) is 14.8 Å². The van der Waals surface area contributed by atoms with Gasteiger partial charge in [0.25, 0.3) is 0 Å². The molecule has 3 aliphatic rings. The van der Waals surface area contributed by atoms with Gasteiger partial charge in [-0.1, -0.05) is 12.1 Å². The minimum atomic E-state index is -1.47. The lowest BCUT2D eigenvalue weighted by atomic mass is 9.82. The zero-order chi connectivity index (χ0) is 17.4. The van der Waals surface area contributed by atoms with Gasteiger partial charge in [0, 0.05) is 55.6 Å². The van der Waals surface area contributed by atoms with E-state index in [1.54, 1.807) is 13.2 Å². The van der Waals surface area contributed by atoms with Gasteiger partial charge in [-0.05, 0) is 18.1 Å². The second-order valence-corrected chi connectivity index (χ2v) is 6.65. The summed E-state index contributed by atoms with van der Waals surface area (Å²) in [5.41, 5.74) is 1.61. The van der Waals surface area contributed by atoms with E-state index in [0.29, 0.717) is 23.4 Å². The Morgan fingerprint density at radius 1 is 1.12 bits per heavy atom. The summed E-state index contributed by atoms with van der Waals surface area (Å²) in [6, 6.07) is 8.58. The number of methoxy groups -OCH3 is 1. The molecule has 2 N–H and O–H groups in total. The summed E-state index contributed by atoms with van der Waals surface area (Å²) in [6.45, 7) is 2.78. The van der Waals surface area contributed by atoms with Crippen LogP contribution in [0.15, 0.2) is 36.7 Å². The molecule has 3 saturated heterocycles. The van der Waals surface area contributed by atoms with E-state index in [1.807, 2.05) is 18.3 Å². The van der Waals surface area contributed by atoms with Crippen molar-refractivity contribution in [2.45, 2.75) is 25.0 Å². The highest BCUT2D eigenvalue weighted by Gasteiger charge is 2.44. The van der Waals surface area contributed by atoms with Crippen LogP contribution in [0.25, 0.3) is 0 Å². The Labute approximate surface area is 147 Å². The Balaban J connectivity index is 1.38. The molecular formula is C17H21BN4O3. The fraction of sp³-hybridized carbons (Fsp3) is 0.412. The van der Waals surface area contributed by atoms with Crippen LogP contribution in [-0.2, 0) is 6.54 Å². The molecule has 0 saturated carbocycles. The van der Waals surface area contributed by atoms with Crippen molar-refractivity contribution in [1.29, 1.82) is 0 Å². The fourth-order valence-corrected chi connectivity index (χ4v) is 3.71. The molecule has 5 heterocycles. The zero-order valence-corrected chi connectivity index (χ0v) is 14.1. The van der Waals surface area contributed by atoms with Gasteiger partial charge in [0.05, 0.1) is 7.11 Å². The normalized spacial score (nSPS) is 22.4. The molecule has 130 valence electrons. The van der Waals surface area contributed by atoms with Crippen molar-refractivity contribution in [3.05, 3.63) is 42.2 Å². The molecule has 0 aromatic carbocycles. The molecule has 0 spiro atoms. The molecule has 0 radical (unpaired) electrons. The number of hydrogen-bond acceptors (Lipinski definition) is 7. The quantitative estimate of drug-likeness (QED) is 0.719. The van der Waals surface area contributed by atoms with E-state index in [2.05, 4.69) is 25.8 Å². The number of pyridine rings is 2. The number of piperidine rings is 1. The molecule has 0 amide bonds. The maximum absolute atomic E-state index is 9.16. The van der Waals surface area contributed by atoms with E-state index < -0.39 is 7.12 Å². The van der Waals surface area contributed by atoms with Crippen LogP contribution in [0.5, 0.6) is 5.88 Å². The number of aromatic nitrogens is 2. The topological polar surface area (TPSA) is 82.0 Å². The Morgan fingerprint density at radius 3 is 2.48 bits per heavy atom. The average molecular weight is 340 g/mol. The van der Waals surface area contributed by atoms with Crippen LogP contribution < -0.4 is 15.1 Å². The third-order valence-electron chi connectivity index (χ3n) is 5.11. The van der Waals surface area contributed by atoms with Crippen molar-refractivity contribution >= 4 is 18.4 Å². The third-order valence-corrected chi connectivity index (χ3v) is 5.11. The van der Waals surface area contributed by atoms with Gasteiger partial charge in [-0.3, -0.25) is 4.90 Å². The van der Waals surface area contributed by atoms with Gasteiger partial charge in [0.2, 0.25) is 5.88 Å². The summed E-state index contributed by atoms with van der Waals surface area (Å²) in [5, 5.41) is 18.3. The largest absolute Gasteiger partial charge is 0.490 e. The highest BCUT2D eigenvalue weighted by molar-refractivity contribution is 6.58. The lowest BCUT2D eigenvalue weighted by molar-refractivity contribution is -0.00876. The van der Waals surface area contributed by atoms with Gasteiger partial charge in [0.15, 0.2) is 0 Å². The molecule has 3 aliphatic heterocycles. The van der Waals surface area contributed by atoms with E-state index in [0.717, 1.165) is 25.5 Å². The molecular weight excluding hydrogens is 319 g/mol. The fourth-order valence-electron chi connectivity index (χ4n) is 3.71. The van der Waals surface area contributed by atoms with Crippen LogP contribution in [0.1, 0.15) is 12.0 Å². The van der Waals surface area contributed by atoms with Crippen molar-refractivity contribution in [3.63, 3.8) is 0 Å².